The summed E-state index contributed by atoms with van der Waals surface area (Å²) in [6.45, 7) is 6.68. The van der Waals surface area contributed by atoms with Crippen LogP contribution < -0.4 is 5.56 Å². The van der Waals surface area contributed by atoms with Gasteiger partial charge in [-0.05, 0) is 45.2 Å². The van der Waals surface area contributed by atoms with Gasteiger partial charge in [-0.25, -0.2) is 0 Å². The van der Waals surface area contributed by atoms with Crippen molar-refractivity contribution in [1.82, 2.24) is 14.8 Å². The van der Waals surface area contributed by atoms with Gasteiger partial charge in [0.05, 0.1) is 0 Å². The van der Waals surface area contributed by atoms with Crippen LogP contribution in [0, 0.1) is 13.8 Å². The number of carbonyl (C=O) groups excluding carboxylic acids is 2. The molecule has 2 atom stereocenters. The lowest BCUT2D eigenvalue weighted by molar-refractivity contribution is -0.141. The van der Waals surface area contributed by atoms with Crippen LogP contribution in [0.15, 0.2) is 10.9 Å². The Morgan fingerprint density at radius 1 is 1.32 bits per heavy atom. The highest BCUT2D eigenvalue weighted by Gasteiger charge is 2.42. The summed E-state index contributed by atoms with van der Waals surface area (Å²) in [7, 11) is 0. The molecular weight excluding hydrogens is 282 g/mol. The van der Waals surface area contributed by atoms with E-state index in [1.807, 2.05) is 11.8 Å². The predicted molar refractivity (Wildman–Crippen MR) is 81.8 cm³/mol. The molecule has 0 spiro atoms. The molecule has 1 aromatic heterocycles. The first-order valence-corrected chi connectivity index (χ1v) is 7.72. The summed E-state index contributed by atoms with van der Waals surface area (Å²) in [6.07, 6.45) is 1.90. The number of fused-ring (bicyclic) bond motifs is 1. The zero-order chi connectivity index (χ0) is 16.0. The molecule has 22 heavy (non-hydrogen) atoms. The fraction of sp³-hybridized carbons (Fsp3) is 0.562. The molecule has 6 heteroatoms. The molecule has 0 bridgehead atoms. The maximum atomic E-state index is 12.8. The Labute approximate surface area is 129 Å². The van der Waals surface area contributed by atoms with Crippen molar-refractivity contribution in [1.29, 1.82) is 0 Å². The van der Waals surface area contributed by atoms with Gasteiger partial charge < -0.3 is 14.8 Å². The smallest absolute Gasteiger partial charge is 0.261 e. The fourth-order valence-electron chi connectivity index (χ4n) is 3.37. The third kappa shape index (κ3) is 2.23. The molecule has 2 fully saturated rings. The fourth-order valence-corrected chi connectivity index (χ4v) is 3.37. The van der Waals surface area contributed by atoms with Crippen molar-refractivity contribution < 1.29 is 9.59 Å². The number of nitrogens with one attached hydrogen (secondary N) is 1. The number of pyridine rings is 1. The number of piperazine rings is 1. The average molecular weight is 303 g/mol. The van der Waals surface area contributed by atoms with Crippen LogP contribution in [0.5, 0.6) is 0 Å². The monoisotopic (exact) mass is 303 g/mol. The molecule has 1 N–H and O–H groups in total. The van der Waals surface area contributed by atoms with E-state index in [1.165, 1.54) is 0 Å². The lowest BCUT2D eigenvalue weighted by atomic mass is 10.0. The Balaban J connectivity index is 1.93. The molecule has 2 amide bonds. The van der Waals surface area contributed by atoms with E-state index in [2.05, 4.69) is 4.98 Å². The molecule has 0 saturated carbocycles. The lowest BCUT2D eigenvalue weighted by Gasteiger charge is -2.41. The lowest BCUT2D eigenvalue weighted by Crippen LogP contribution is -2.60. The van der Waals surface area contributed by atoms with E-state index < -0.39 is 6.04 Å². The number of aromatic nitrogens is 1. The van der Waals surface area contributed by atoms with Crippen molar-refractivity contribution >= 4 is 11.8 Å². The molecule has 0 aromatic carbocycles. The van der Waals surface area contributed by atoms with Gasteiger partial charge in [0.25, 0.3) is 11.5 Å². The molecule has 118 valence electrons. The topological polar surface area (TPSA) is 73.5 Å². The van der Waals surface area contributed by atoms with Crippen molar-refractivity contribution in [3.05, 3.63) is 33.2 Å². The van der Waals surface area contributed by atoms with E-state index in [1.54, 1.807) is 24.8 Å². The minimum atomic E-state index is -0.511. The molecule has 2 aliphatic rings. The quantitative estimate of drug-likeness (QED) is 0.835. The summed E-state index contributed by atoms with van der Waals surface area (Å²) in [5.41, 5.74) is 1.35. The number of aryl methyl sites for hydroxylation is 2. The highest BCUT2D eigenvalue weighted by Crippen LogP contribution is 2.26. The van der Waals surface area contributed by atoms with E-state index in [-0.39, 0.29) is 29.0 Å². The Kier molecular flexibility index (Phi) is 3.54. The number of rotatable bonds is 1. The van der Waals surface area contributed by atoms with E-state index >= 15 is 0 Å². The molecule has 6 nitrogen and oxygen atoms in total. The normalized spacial score (nSPS) is 24.6. The zero-order valence-corrected chi connectivity index (χ0v) is 13.2. The second-order valence-electron chi connectivity index (χ2n) is 6.28. The highest BCUT2D eigenvalue weighted by atomic mass is 16.2. The first-order valence-electron chi connectivity index (χ1n) is 7.72. The summed E-state index contributed by atoms with van der Waals surface area (Å²) in [5, 5.41) is 0. The summed E-state index contributed by atoms with van der Waals surface area (Å²) in [5.74, 6) is -0.362. The molecule has 2 aliphatic heterocycles. The van der Waals surface area contributed by atoms with Crippen LogP contribution in [0.2, 0.25) is 0 Å². The van der Waals surface area contributed by atoms with Crippen molar-refractivity contribution in [2.24, 2.45) is 0 Å². The largest absolute Gasteiger partial charge is 0.336 e. The SMILES string of the molecule is Cc1cc(C(=O)N2C[C@H]3CCCN3C(=O)[C@@H]2C)c(=O)[nH]c1C. The first-order chi connectivity index (χ1) is 10.4. The predicted octanol–water partition coefficient (Wildman–Crippen LogP) is 0.827. The molecule has 3 rings (SSSR count). The zero-order valence-electron chi connectivity index (χ0n) is 13.2. The van der Waals surface area contributed by atoms with Crippen LogP contribution in [0.25, 0.3) is 0 Å². The molecule has 3 heterocycles. The number of hydrogen-bond donors (Lipinski definition) is 1. The molecule has 1 aromatic rings. The van der Waals surface area contributed by atoms with Crippen molar-refractivity contribution in [3.63, 3.8) is 0 Å². The average Bonchev–Trinajstić information content (AvgIpc) is 2.94. The number of nitrogens with zero attached hydrogens (tertiary/aromatic N) is 2. The van der Waals surface area contributed by atoms with Crippen molar-refractivity contribution in [2.75, 3.05) is 13.1 Å². The number of aromatic amines is 1. The van der Waals surface area contributed by atoms with Crippen LogP contribution in [0.4, 0.5) is 0 Å². The second-order valence-corrected chi connectivity index (χ2v) is 6.28. The van der Waals surface area contributed by atoms with E-state index in [9.17, 15) is 14.4 Å². The Morgan fingerprint density at radius 2 is 2.05 bits per heavy atom. The summed E-state index contributed by atoms with van der Waals surface area (Å²) < 4.78 is 0. The van der Waals surface area contributed by atoms with Crippen molar-refractivity contribution in [3.8, 4) is 0 Å². The Morgan fingerprint density at radius 3 is 2.77 bits per heavy atom. The van der Waals surface area contributed by atoms with Gasteiger partial charge in [0.15, 0.2) is 0 Å². The van der Waals surface area contributed by atoms with Crippen LogP contribution in [-0.2, 0) is 4.79 Å². The van der Waals surface area contributed by atoms with Gasteiger partial charge in [0, 0.05) is 24.8 Å². The minimum Gasteiger partial charge on any atom is -0.336 e. The summed E-state index contributed by atoms with van der Waals surface area (Å²) in [4.78, 5) is 43.4. The van der Waals surface area contributed by atoms with Gasteiger partial charge in [-0.1, -0.05) is 0 Å². The first kappa shape index (κ1) is 14.8. The van der Waals surface area contributed by atoms with Gasteiger partial charge in [0.1, 0.15) is 11.6 Å². The van der Waals surface area contributed by atoms with Crippen molar-refractivity contribution in [2.45, 2.75) is 45.7 Å². The molecular formula is C16H21N3O3. The van der Waals surface area contributed by atoms with Crippen LogP contribution in [0.1, 0.15) is 41.4 Å². The summed E-state index contributed by atoms with van der Waals surface area (Å²) in [6, 6.07) is 1.20. The van der Waals surface area contributed by atoms with Gasteiger partial charge in [-0.2, -0.15) is 0 Å². The maximum Gasteiger partial charge on any atom is 0.261 e. The van der Waals surface area contributed by atoms with E-state index in [4.69, 9.17) is 0 Å². The number of hydrogen-bond acceptors (Lipinski definition) is 3. The van der Waals surface area contributed by atoms with Crippen LogP contribution >= 0.6 is 0 Å². The van der Waals surface area contributed by atoms with Crippen LogP contribution in [-0.4, -0.2) is 51.8 Å². The Hall–Kier alpha value is -2.11. The maximum absolute atomic E-state index is 12.8. The van der Waals surface area contributed by atoms with Crippen LogP contribution in [0.3, 0.4) is 0 Å². The number of carbonyl (C=O) groups is 2. The molecule has 0 unspecified atom stereocenters. The van der Waals surface area contributed by atoms with Gasteiger partial charge in [0.2, 0.25) is 5.91 Å². The van der Waals surface area contributed by atoms with E-state index in [0.29, 0.717) is 6.54 Å². The third-order valence-corrected chi connectivity index (χ3v) is 4.88. The third-order valence-electron chi connectivity index (χ3n) is 4.88. The second kappa shape index (κ2) is 5.26. The molecule has 2 saturated heterocycles. The number of amides is 2. The minimum absolute atomic E-state index is 0.0117. The van der Waals surface area contributed by atoms with Gasteiger partial charge >= 0.3 is 0 Å². The van der Waals surface area contributed by atoms with E-state index in [0.717, 1.165) is 30.6 Å². The highest BCUT2D eigenvalue weighted by molar-refractivity contribution is 5.98. The standard InChI is InChI=1S/C16H21N3O3/c1-9-7-13(14(20)17-10(9)2)16(22)19-8-12-5-4-6-18(12)15(21)11(19)3/h7,11-12H,4-6,8H2,1-3H3,(H,17,20)/t11-,12+/m0/s1. The summed E-state index contributed by atoms with van der Waals surface area (Å²) >= 11 is 0. The van der Waals surface area contributed by atoms with Gasteiger partial charge in [-0.3, -0.25) is 14.4 Å². The molecule has 0 radical (unpaired) electrons. The van der Waals surface area contributed by atoms with Gasteiger partial charge in [-0.15, -0.1) is 0 Å². The Bertz CT molecular complexity index is 694. The molecule has 0 aliphatic carbocycles. The number of H-pyrrole nitrogens is 1.